The number of ether oxygens (including phenoxy) is 1. The molecule has 25 heavy (non-hydrogen) atoms. The predicted molar refractivity (Wildman–Crippen MR) is 103 cm³/mol. The number of halogens is 1. The molecule has 0 bridgehead atoms. The number of aryl methyl sites for hydroxylation is 1. The normalized spacial score (nSPS) is 11.7. The topological polar surface area (TPSA) is 55.6 Å². The summed E-state index contributed by atoms with van der Waals surface area (Å²) in [7, 11) is 2.07. The standard InChI is InChI=1S/C19H24N2O3.ClH/c1-15-6-4-5-7-19(15)24-14-16(2)20(3)13-12-17-8-10-18(11-9-17)21(22)23;/h4-11,16H,12-14H2,1-3H3;1H. The molecule has 0 aliphatic rings. The number of benzene rings is 2. The number of non-ortho nitro benzene ring substituents is 1. The highest BCUT2D eigenvalue weighted by Crippen LogP contribution is 2.17. The highest BCUT2D eigenvalue weighted by Gasteiger charge is 2.11. The Bertz CT molecular complexity index is 677. The van der Waals surface area contributed by atoms with Crippen LogP contribution in [0.25, 0.3) is 0 Å². The Balaban J connectivity index is 0.00000312. The van der Waals surface area contributed by atoms with Crippen molar-refractivity contribution in [3.05, 3.63) is 69.8 Å². The number of para-hydroxylation sites is 1. The third-order valence-corrected chi connectivity index (χ3v) is 4.23. The Morgan fingerprint density at radius 2 is 1.80 bits per heavy atom. The smallest absolute Gasteiger partial charge is 0.269 e. The maximum atomic E-state index is 10.7. The van der Waals surface area contributed by atoms with E-state index in [1.54, 1.807) is 12.1 Å². The number of nitro groups is 1. The van der Waals surface area contributed by atoms with E-state index in [2.05, 4.69) is 18.9 Å². The maximum Gasteiger partial charge on any atom is 0.269 e. The van der Waals surface area contributed by atoms with E-state index in [4.69, 9.17) is 4.74 Å². The van der Waals surface area contributed by atoms with Crippen molar-refractivity contribution < 1.29 is 9.66 Å². The first-order chi connectivity index (χ1) is 11.5. The Morgan fingerprint density at radius 3 is 2.40 bits per heavy atom. The molecule has 0 heterocycles. The van der Waals surface area contributed by atoms with Crippen LogP contribution in [0.2, 0.25) is 0 Å². The van der Waals surface area contributed by atoms with Gasteiger partial charge in [-0.05, 0) is 44.5 Å². The number of rotatable bonds is 8. The number of nitro benzene ring substituents is 1. The van der Waals surface area contributed by atoms with Crippen molar-refractivity contribution >= 4 is 18.1 Å². The number of likely N-dealkylation sites (N-methyl/N-ethyl adjacent to an activating group) is 1. The van der Waals surface area contributed by atoms with Crippen LogP contribution >= 0.6 is 12.4 Å². The third-order valence-electron chi connectivity index (χ3n) is 4.23. The molecule has 5 nitrogen and oxygen atoms in total. The molecule has 0 saturated carbocycles. The van der Waals surface area contributed by atoms with Gasteiger partial charge in [0.2, 0.25) is 0 Å². The molecule has 2 aromatic rings. The zero-order chi connectivity index (χ0) is 17.5. The van der Waals surface area contributed by atoms with E-state index in [1.165, 1.54) is 0 Å². The molecular weight excluding hydrogens is 340 g/mol. The first-order valence-electron chi connectivity index (χ1n) is 8.09. The van der Waals surface area contributed by atoms with E-state index >= 15 is 0 Å². The molecule has 0 aliphatic carbocycles. The summed E-state index contributed by atoms with van der Waals surface area (Å²) in [5, 5.41) is 10.7. The highest BCUT2D eigenvalue weighted by atomic mass is 35.5. The van der Waals surface area contributed by atoms with Gasteiger partial charge in [-0.2, -0.15) is 0 Å². The van der Waals surface area contributed by atoms with E-state index in [-0.39, 0.29) is 29.1 Å². The van der Waals surface area contributed by atoms with Crippen LogP contribution < -0.4 is 4.74 Å². The molecule has 0 spiro atoms. The van der Waals surface area contributed by atoms with Gasteiger partial charge in [0.05, 0.1) is 4.92 Å². The van der Waals surface area contributed by atoms with Crippen LogP contribution in [-0.2, 0) is 6.42 Å². The van der Waals surface area contributed by atoms with Gasteiger partial charge in [0, 0.05) is 24.7 Å². The predicted octanol–water partition coefficient (Wildman–Crippen LogP) is 4.27. The van der Waals surface area contributed by atoms with Gasteiger partial charge in [-0.25, -0.2) is 0 Å². The maximum absolute atomic E-state index is 10.7. The average Bonchev–Trinajstić information content (AvgIpc) is 2.59. The van der Waals surface area contributed by atoms with Crippen molar-refractivity contribution in [3.63, 3.8) is 0 Å². The summed E-state index contributed by atoms with van der Waals surface area (Å²) in [6.07, 6.45) is 0.850. The van der Waals surface area contributed by atoms with Crippen LogP contribution in [0, 0.1) is 17.0 Å². The van der Waals surface area contributed by atoms with Crippen LogP contribution in [0.3, 0.4) is 0 Å². The Kier molecular flexibility index (Phi) is 8.38. The van der Waals surface area contributed by atoms with Gasteiger partial charge >= 0.3 is 0 Å². The summed E-state index contributed by atoms with van der Waals surface area (Å²) < 4.78 is 5.90. The van der Waals surface area contributed by atoms with Crippen LogP contribution in [0.4, 0.5) is 5.69 Å². The molecule has 0 amide bonds. The molecule has 2 rings (SSSR count). The second-order valence-electron chi connectivity index (χ2n) is 6.08. The molecule has 1 unspecified atom stereocenters. The Hall–Kier alpha value is -2.11. The van der Waals surface area contributed by atoms with Crippen molar-refractivity contribution in [2.75, 3.05) is 20.2 Å². The van der Waals surface area contributed by atoms with Crippen molar-refractivity contribution in [3.8, 4) is 5.75 Å². The van der Waals surface area contributed by atoms with Crippen LogP contribution in [0.5, 0.6) is 5.75 Å². The Labute approximate surface area is 155 Å². The zero-order valence-corrected chi connectivity index (χ0v) is 15.7. The molecule has 0 aromatic heterocycles. The highest BCUT2D eigenvalue weighted by molar-refractivity contribution is 5.85. The fourth-order valence-electron chi connectivity index (χ4n) is 2.37. The number of nitrogens with zero attached hydrogens (tertiary/aromatic N) is 2. The van der Waals surface area contributed by atoms with Crippen LogP contribution in [0.1, 0.15) is 18.1 Å². The van der Waals surface area contributed by atoms with Crippen molar-refractivity contribution in [1.82, 2.24) is 4.90 Å². The van der Waals surface area contributed by atoms with E-state index in [0.717, 1.165) is 29.8 Å². The summed E-state index contributed by atoms with van der Waals surface area (Å²) in [6, 6.07) is 15.0. The largest absolute Gasteiger partial charge is 0.492 e. The summed E-state index contributed by atoms with van der Waals surface area (Å²) in [4.78, 5) is 12.5. The van der Waals surface area contributed by atoms with E-state index in [0.29, 0.717) is 6.61 Å². The molecule has 0 N–H and O–H groups in total. The average molecular weight is 365 g/mol. The lowest BCUT2D eigenvalue weighted by molar-refractivity contribution is -0.384. The third kappa shape index (κ3) is 6.36. The van der Waals surface area contributed by atoms with Gasteiger partial charge in [0.15, 0.2) is 0 Å². The molecule has 2 aromatic carbocycles. The van der Waals surface area contributed by atoms with Crippen LogP contribution in [-0.4, -0.2) is 36.1 Å². The molecule has 0 fully saturated rings. The molecular formula is C19H25ClN2O3. The van der Waals surface area contributed by atoms with Gasteiger partial charge in [0.25, 0.3) is 5.69 Å². The van der Waals surface area contributed by atoms with Gasteiger partial charge in [0.1, 0.15) is 12.4 Å². The molecule has 136 valence electrons. The molecule has 0 aliphatic heterocycles. The zero-order valence-electron chi connectivity index (χ0n) is 14.8. The molecule has 0 saturated heterocycles. The van der Waals surface area contributed by atoms with Gasteiger partial charge in [-0.1, -0.05) is 30.3 Å². The lowest BCUT2D eigenvalue weighted by atomic mass is 10.1. The quantitative estimate of drug-likeness (QED) is 0.518. The molecule has 1 atom stereocenters. The number of hydrogen-bond acceptors (Lipinski definition) is 4. The second-order valence-corrected chi connectivity index (χ2v) is 6.08. The minimum absolute atomic E-state index is 0. The van der Waals surface area contributed by atoms with E-state index < -0.39 is 0 Å². The summed E-state index contributed by atoms with van der Waals surface area (Å²) in [5.74, 6) is 0.924. The van der Waals surface area contributed by atoms with Crippen molar-refractivity contribution in [2.24, 2.45) is 0 Å². The summed E-state index contributed by atoms with van der Waals surface area (Å²) in [6.45, 7) is 5.67. The number of hydrogen-bond donors (Lipinski definition) is 0. The Morgan fingerprint density at radius 1 is 1.16 bits per heavy atom. The van der Waals surface area contributed by atoms with Gasteiger partial charge in [-0.15, -0.1) is 12.4 Å². The molecule has 0 radical (unpaired) electrons. The SMILES string of the molecule is Cc1ccccc1OCC(C)N(C)CCc1ccc([N+](=O)[O-])cc1.Cl. The fourth-order valence-corrected chi connectivity index (χ4v) is 2.37. The van der Waals surface area contributed by atoms with Crippen molar-refractivity contribution in [2.45, 2.75) is 26.3 Å². The minimum atomic E-state index is -0.374. The van der Waals surface area contributed by atoms with Crippen LogP contribution in [0.15, 0.2) is 48.5 Å². The van der Waals surface area contributed by atoms with Gasteiger partial charge in [-0.3, -0.25) is 15.0 Å². The van der Waals surface area contributed by atoms with Crippen molar-refractivity contribution in [1.29, 1.82) is 0 Å². The monoisotopic (exact) mass is 364 g/mol. The lowest BCUT2D eigenvalue weighted by Crippen LogP contribution is -2.35. The van der Waals surface area contributed by atoms with Gasteiger partial charge < -0.3 is 4.74 Å². The summed E-state index contributed by atoms with van der Waals surface area (Å²) in [5.41, 5.74) is 2.37. The minimum Gasteiger partial charge on any atom is -0.492 e. The lowest BCUT2D eigenvalue weighted by Gasteiger charge is -2.25. The van der Waals surface area contributed by atoms with E-state index in [1.807, 2.05) is 43.3 Å². The second kappa shape index (κ2) is 10.0. The first-order valence-corrected chi connectivity index (χ1v) is 8.09. The first kappa shape index (κ1) is 20.9. The molecule has 6 heteroatoms. The van der Waals surface area contributed by atoms with E-state index in [9.17, 15) is 10.1 Å². The fraction of sp³-hybridized carbons (Fsp3) is 0.368. The summed E-state index contributed by atoms with van der Waals surface area (Å²) >= 11 is 0.